The maximum Gasteiger partial charge on any atom is 0.248 e. The summed E-state index contributed by atoms with van der Waals surface area (Å²) in [5, 5.41) is 3.04. The number of anilines is 1. The van der Waals surface area contributed by atoms with Crippen molar-refractivity contribution < 1.29 is 14.3 Å². The van der Waals surface area contributed by atoms with E-state index in [9.17, 15) is 4.79 Å². The molecule has 166 valence electrons. The molecule has 3 aromatic rings. The summed E-state index contributed by atoms with van der Waals surface area (Å²) in [6.45, 7) is 9.18. The van der Waals surface area contributed by atoms with E-state index in [2.05, 4.69) is 25.2 Å². The number of amides is 1. The van der Waals surface area contributed by atoms with Crippen molar-refractivity contribution in [2.24, 2.45) is 0 Å². The number of carbonyl (C=O) groups excluding carboxylic acids is 1. The molecular formula is C28H31NO3. The Labute approximate surface area is 190 Å². The van der Waals surface area contributed by atoms with Gasteiger partial charge in [-0.25, -0.2) is 0 Å². The molecule has 0 aromatic heterocycles. The Balaban J connectivity index is 1.71. The number of hydrogen-bond donors (Lipinski definition) is 1. The number of rotatable bonds is 9. The second-order valence-electron chi connectivity index (χ2n) is 7.93. The second kappa shape index (κ2) is 11.2. The van der Waals surface area contributed by atoms with Crippen LogP contribution in [0.25, 0.3) is 6.08 Å². The largest absolute Gasteiger partial charge is 0.490 e. The molecule has 0 spiro atoms. The van der Waals surface area contributed by atoms with Gasteiger partial charge in [0.1, 0.15) is 6.61 Å². The van der Waals surface area contributed by atoms with Crippen LogP contribution in [-0.4, -0.2) is 12.5 Å². The van der Waals surface area contributed by atoms with Crippen LogP contribution in [0.15, 0.2) is 72.8 Å². The first-order valence-corrected chi connectivity index (χ1v) is 11.0. The van der Waals surface area contributed by atoms with Crippen molar-refractivity contribution in [1.82, 2.24) is 0 Å². The fraction of sp³-hybridized carbons (Fsp3) is 0.250. The van der Waals surface area contributed by atoms with Crippen LogP contribution in [-0.2, 0) is 11.4 Å². The zero-order valence-corrected chi connectivity index (χ0v) is 19.2. The molecule has 0 saturated heterocycles. The minimum absolute atomic E-state index is 0.163. The van der Waals surface area contributed by atoms with Crippen molar-refractivity contribution in [3.8, 4) is 11.5 Å². The van der Waals surface area contributed by atoms with Crippen LogP contribution in [0.3, 0.4) is 0 Å². The van der Waals surface area contributed by atoms with Gasteiger partial charge in [-0.1, -0.05) is 68.4 Å². The highest BCUT2D eigenvalue weighted by Gasteiger charge is 2.11. The van der Waals surface area contributed by atoms with E-state index >= 15 is 0 Å². The Bertz CT molecular complexity index is 1070. The first kappa shape index (κ1) is 23.1. The van der Waals surface area contributed by atoms with E-state index in [1.165, 1.54) is 0 Å². The average molecular weight is 430 g/mol. The van der Waals surface area contributed by atoms with Gasteiger partial charge in [0.15, 0.2) is 11.5 Å². The molecule has 32 heavy (non-hydrogen) atoms. The molecule has 0 aliphatic rings. The molecule has 0 aliphatic carbocycles. The lowest BCUT2D eigenvalue weighted by Gasteiger charge is -2.15. The summed E-state index contributed by atoms with van der Waals surface area (Å²) < 4.78 is 11.7. The van der Waals surface area contributed by atoms with Crippen LogP contribution in [0.1, 0.15) is 48.9 Å². The molecule has 0 bridgehead atoms. The second-order valence-corrected chi connectivity index (χ2v) is 7.93. The molecule has 4 heteroatoms. The standard InChI is InChI=1S/C28H31NO3/c1-5-31-26-18-22(14-16-25(26)32-19-23-11-7-6-8-12-23)15-17-27(30)29-28-21(4)10-9-13-24(28)20(2)3/h6-18,20H,5,19H2,1-4H3,(H,29,30)/b17-15+. The van der Waals surface area contributed by atoms with E-state index in [1.807, 2.05) is 74.5 Å². The fourth-order valence-corrected chi connectivity index (χ4v) is 3.43. The third-order valence-electron chi connectivity index (χ3n) is 5.11. The Morgan fingerprint density at radius 3 is 2.47 bits per heavy atom. The van der Waals surface area contributed by atoms with Crippen LogP contribution in [0.4, 0.5) is 5.69 Å². The van der Waals surface area contributed by atoms with Gasteiger partial charge in [0.25, 0.3) is 0 Å². The minimum Gasteiger partial charge on any atom is -0.490 e. The van der Waals surface area contributed by atoms with Crippen LogP contribution < -0.4 is 14.8 Å². The number of nitrogens with one attached hydrogen (secondary N) is 1. The minimum atomic E-state index is -0.163. The summed E-state index contributed by atoms with van der Waals surface area (Å²) in [4.78, 5) is 12.6. The molecule has 0 atom stereocenters. The zero-order chi connectivity index (χ0) is 22.9. The van der Waals surface area contributed by atoms with E-state index in [0.717, 1.165) is 27.9 Å². The van der Waals surface area contributed by atoms with Crippen molar-refractivity contribution >= 4 is 17.7 Å². The topological polar surface area (TPSA) is 47.6 Å². The predicted molar refractivity (Wildman–Crippen MR) is 131 cm³/mol. The summed E-state index contributed by atoms with van der Waals surface area (Å²) in [5.74, 6) is 1.50. The van der Waals surface area contributed by atoms with Crippen LogP contribution >= 0.6 is 0 Å². The van der Waals surface area contributed by atoms with E-state index in [0.29, 0.717) is 30.6 Å². The molecular weight excluding hydrogens is 398 g/mol. The molecule has 3 rings (SSSR count). The quantitative estimate of drug-likeness (QED) is 0.383. The first-order chi connectivity index (χ1) is 15.5. The maximum absolute atomic E-state index is 12.6. The zero-order valence-electron chi connectivity index (χ0n) is 19.2. The molecule has 1 N–H and O–H groups in total. The lowest BCUT2D eigenvalue weighted by Crippen LogP contribution is -2.11. The van der Waals surface area contributed by atoms with Crippen LogP contribution in [0.2, 0.25) is 0 Å². The highest BCUT2D eigenvalue weighted by molar-refractivity contribution is 6.02. The third kappa shape index (κ3) is 6.24. The fourth-order valence-electron chi connectivity index (χ4n) is 3.43. The summed E-state index contributed by atoms with van der Waals surface area (Å²) in [6.07, 6.45) is 3.33. The average Bonchev–Trinajstić information content (AvgIpc) is 2.79. The molecule has 4 nitrogen and oxygen atoms in total. The highest BCUT2D eigenvalue weighted by atomic mass is 16.5. The molecule has 0 saturated carbocycles. The van der Waals surface area contributed by atoms with Gasteiger partial charge in [-0.2, -0.15) is 0 Å². The van der Waals surface area contributed by atoms with Gasteiger partial charge in [0.05, 0.1) is 6.61 Å². The van der Waals surface area contributed by atoms with E-state index in [-0.39, 0.29) is 5.91 Å². The van der Waals surface area contributed by atoms with Crippen LogP contribution in [0, 0.1) is 6.92 Å². The third-order valence-corrected chi connectivity index (χ3v) is 5.11. The lowest BCUT2D eigenvalue weighted by molar-refractivity contribution is -0.111. The summed E-state index contributed by atoms with van der Waals surface area (Å²) in [5.41, 5.74) is 5.02. The SMILES string of the molecule is CCOc1cc(/C=C/C(=O)Nc2c(C)cccc2C(C)C)ccc1OCc1ccccc1. The molecule has 0 unspecified atom stereocenters. The number of carbonyl (C=O) groups is 1. The number of hydrogen-bond acceptors (Lipinski definition) is 3. The predicted octanol–water partition coefficient (Wildman–Crippen LogP) is 6.75. The van der Waals surface area contributed by atoms with Crippen LogP contribution in [0.5, 0.6) is 11.5 Å². The van der Waals surface area contributed by atoms with E-state index in [1.54, 1.807) is 12.2 Å². The normalized spacial score (nSPS) is 11.0. The van der Waals surface area contributed by atoms with E-state index in [4.69, 9.17) is 9.47 Å². The maximum atomic E-state index is 12.6. The van der Waals surface area contributed by atoms with Crippen molar-refractivity contribution in [3.63, 3.8) is 0 Å². The van der Waals surface area contributed by atoms with Gasteiger partial charge in [-0.3, -0.25) is 4.79 Å². The number of benzene rings is 3. The lowest BCUT2D eigenvalue weighted by atomic mass is 9.98. The van der Waals surface area contributed by atoms with Gasteiger partial charge in [-0.05, 0) is 60.2 Å². The first-order valence-electron chi connectivity index (χ1n) is 11.0. The molecule has 0 fully saturated rings. The number of para-hydroxylation sites is 1. The number of ether oxygens (including phenoxy) is 2. The van der Waals surface area contributed by atoms with Gasteiger partial charge in [-0.15, -0.1) is 0 Å². The van der Waals surface area contributed by atoms with Crippen molar-refractivity contribution in [1.29, 1.82) is 0 Å². The Kier molecular flexibility index (Phi) is 8.09. The summed E-state index contributed by atoms with van der Waals surface area (Å²) in [6, 6.07) is 21.8. The highest BCUT2D eigenvalue weighted by Crippen LogP contribution is 2.30. The van der Waals surface area contributed by atoms with Gasteiger partial charge < -0.3 is 14.8 Å². The molecule has 0 radical (unpaired) electrons. The molecule has 1 amide bonds. The molecule has 0 aliphatic heterocycles. The number of aryl methyl sites for hydroxylation is 1. The smallest absolute Gasteiger partial charge is 0.248 e. The van der Waals surface area contributed by atoms with Gasteiger partial charge in [0.2, 0.25) is 5.91 Å². The summed E-state index contributed by atoms with van der Waals surface area (Å²) in [7, 11) is 0. The summed E-state index contributed by atoms with van der Waals surface area (Å²) >= 11 is 0. The Hall–Kier alpha value is -3.53. The van der Waals surface area contributed by atoms with Crippen molar-refractivity contribution in [2.75, 3.05) is 11.9 Å². The van der Waals surface area contributed by atoms with Crippen molar-refractivity contribution in [3.05, 3.63) is 95.1 Å². The Morgan fingerprint density at radius 1 is 0.969 bits per heavy atom. The monoisotopic (exact) mass is 429 g/mol. The molecule has 3 aromatic carbocycles. The molecule has 0 heterocycles. The van der Waals surface area contributed by atoms with Gasteiger partial charge >= 0.3 is 0 Å². The van der Waals surface area contributed by atoms with Gasteiger partial charge in [0, 0.05) is 11.8 Å². The Morgan fingerprint density at radius 2 is 1.75 bits per heavy atom. The van der Waals surface area contributed by atoms with Crippen molar-refractivity contribution in [2.45, 2.75) is 40.2 Å². The van der Waals surface area contributed by atoms with E-state index < -0.39 is 0 Å².